The van der Waals surface area contributed by atoms with Crippen molar-refractivity contribution in [2.45, 2.75) is 26.4 Å². The highest BCUT2D eigenvalue weighted by Crippen LogP contribution is 2.21. The van der Waals surface area contributed by atoms with E-state index in [9.17, 15) is 0 Å². The van der Waals surface area contributed by atoms with E-state index < -0.39 is 0 Å². The van der Waals surface area contributed by atoms with Gasteiger partial charge < -0.3 is 10.6 Å². The maximum Gasteiger partial charge on any atom is 0.0817 e. The summed E-state index contributed by atoms with van der Waals surface area (Å²) in [5, 5.41) is 4.52. The topological polar surface area (TPSA) is 60.0 Å². The van der Waals surface area contributed by atoms with Crippen LogP contribution >= 0.6 is 0 Å². The lowest BCUT2D eigenvalue weighted by atomic mass is 10.3. The zero-order chi connectivity index (χ0) is 13.1. The first-order chi connectivity index (χ1) is 8.58. The van der Waals surface area contributed by atoms with Crippen molar-refractivity contribution in [1.82, 2.24) is 14.8 Å². The maximum absolute atomic E-state index is 5.90. The molecule has 0 spiro atoms. The molecule has 2 aromatic rings. The van der Waals surface area contributed by atoms with E-state index in [1.54, 1.807) is 12.4 Å². The van der Waals surface area contributed by atoms with E-state index in [0.717, 1.165) is 17.9 Å². The molecule has 18 heavy (non-hydrogen) atoms. The Morgan fingerprint density at radius 3 is 2.78 bits per heavy atom. The fourth-order valence-corrected chi connectivity index (χ4v) is 1.82. The summed E-state index contributed by atoms with van der Waals surface area (Å²) in [6.45, 7) is 4.95. The number of hydrogen-bond donors (Lipinski definition) is 1. The third-order valence-electron chi connectivity index (χ3n) is 2.83. The van der Waals surface area contributed by atoms with E-state index in [2.05, 4.69) is 28.8 Å². The Bertz CT molecular complexity index is 518. The van der Waals surface area contributed by atoms with Gasteiger partial charge in [0, 0.05) is 25.5 Å². The molecule has 0 saturated heterocycles. The summed E-state index contributed by atoms with van der Waals surface area (Å²) >= 11 is 0. The van der Waals surface area contributed by atoms with Crippen LogP contribution in [0.25, 0.3) is 0 Å². The normalized spacial score (nSPS) is 10.9. The quantitative estimate of drug-likeness (QED) is 0.896. The molecule has 0 radical (unpaired) electrons. The van der Waals surface area contributed by atoms with Crippen LogP contribution in [-0.4, -0.2) is 21.8 Å². The first-order valence-corrected chi connectivity index (χ1v) is 6.02. The van der Waals surface area contributed by atoms with Crippen LogP contribution in [0.5, 0.6) is 0 Å². The summed E-state index contributed by atoms with van der Waals surface area (Å²) < 4.78 is 1.96. The summed E-state index contributed by atoms with van der Waals surface area (Å²) in [6.07, 6.45) is 5.41. The van der Waals surface area contributed by atoms with Crippen LogP contribution < -0.4 is 10.6 Å². The number of nitrogen functional groups attached to an aromatic ring is 1. The minimum Gasteiger partial charge on any atom is -0.396 e. The number of rotatable bonds is 4. The van der Waals surface area contributed by atoms with Crippen LogP contribution in [0.4, 0.5) is 11.4 Å². The molecule has 2 rings (SSSR count). The number of nitrogens with two attached hydrogens (primary N) is 1. The first kappa shape index (κ1) is 12.4. The number of nitrogens with zero attached hydrogens (tertiary/aromatic N) is 4. The van der Waals surface area contributed by atoms with Crippen molar-refractivity contribution in [1.29, 1.82) is 0 Å². The van der Waals surface area contributed by atoms with Gasteiger partial charge in [0.1, 0.15) is 0 Å². The highest BCUT2D eigenvalue weighted by molar-refractivity contribution is 5.65. The molecule has 2 aromatic heterocycles. The van der Waals surface area contributed by atoms with Crippen LogP contribution in [0.3, 0.4) is 0 Å². The van der Waals surface area contributed by atoms with Gasteiger partial charge in [-0.3, -0.25) is 9.67 Å². The molecule has 0 aliphatic rings. The lowest BCUT2D eigenvalue weighted by Crippen LogP contribution is -2.18. The van der Waals surface area contributed by atoms with Crippen molar-refractivity contribution in [2.75, 3.05) is 17.7 Å². The van der Waals surface area contributed by atoms with Crippen molar-refractivity contribution in [3.05, 3.63) is 36.4 Å². The smallest absolute Gasteiger partial charge is 0.0817 e. The fraction of sp³-hybridized carbons (Fsp3) is 0.385. The largest absolute Gasteiger partial charge is 0.396 e. The van der Waals surface area contributed by atoms with Gasteiger partial charge in [-0.25, -0.2) is 0 Å². The average Bonchev–Trinajstić information content (AvgIpc) is 2.78. The molecule has 2 N–H and O–H groups in total. The molecule has 0 bridgehead atoms. The minimum atomic E-state index is 0.384. The van der Waals surface area contributed by atoms with Crippen LogP contribution in [0.2, 0.25) is 0 Å². The van der Waals surface area contributed by atoms with Gasteiger partial charge in [0.2, 0.25) is 0 Å². The number of anilines is 2. The maximum atomic E-state index is 5.90. The predicted molar refractivity (Wildman–Crippen MR) is 73.4 cm³/mol. The Kier molecular flexibility index (Phi) is 3.50. The molecule has 0 fully saturated rings. The van der Waals surface area contributed by atoms with Gasteiger partial charge >= 0.3 is 0 Å². The standard InChI is InChI=1S/C13H19N5/c1-10(2)18-7-5-11(16-18)9-17(3)13-4-6-15-8-12(13)14/h4-8,10H,9,14H2,1-3H3. The summed E-state index contributed by atoms with van der Waals surface area (Å²) in [6, 6.07) is 4.33. The van der Waals surface area contributed by atoms with Gasteiger partial charge in [-0.15, -0.1) is 0 Å². The van der Waals surface area contributed by atoms with Crippen LogP contribution in [0, 0.1) is 0 Å². The van der Waals surface area contributed by atoms with Crippen molar-refractivity contribution in [2.24, 2.45) is 0 Å². The average molecular weight is 245 g/mol. The van der Waals surface area contributed by atoms with E-state index in [0.29, 0.717) is 11.7 Å². The van der Waals surface area contributed by atoms with Gasteiger partial charge in [-0.1, -0.05) is 0 Å². The Labute approximate surface area is 107 Å². The molecule has 0 aromatic carbocycles. The molecule has 96 valence electrons. The molecule has 0 aliphatic heterocycles. The fourth-order valence-electron chi connectivity index (χ4n) is 1.82. The van der Waals surface area contributed by atoms with Crippen molar-refractivity contribution in [3.8, 4) is 0 Å². The highest BCUT2D eigenvalue weighted by Gasteiger charge is 2.08. The van der Waals surface area contributed by atoms with E-state index in [-0.39, 0.29) is 0 Å². The summed E-state index contributed by atoms with van der Waals surface area (Å²) in [7, 11) is 2.00. The third kappa shape index (κ3) is 2.61. The van der Waals surface area contributed by atoms with Crippen molar-refractivity contribution in [3.63, 3.8) is 0 Å². The molecule has 0 unspecified atom stereocenters. The summed E-state index contributed by atoms with van der Waals surface area (Å²) in [5.74, 6) is 0. The third-order valence-corrected chi connectivity index (χ3v) is 2.83. The lowest BCUT2D eigenvalue weighted by molar-refractivity contribution is 0.526. The van der Waals surface area contributed by atoms with Crippen molar-refractivity contribution < 1.29 is 0 Å². The summed E-state index contributed by atoms with van der Waals surface area (Å²) in [4.78, 5) is 6.06. The van der Waals surface area contributed by atoms with Crippen LogP contribution in [0.15, 0.2) is 30.7 Å². The number of hydrogen-bond acceptors (Lipinski definition) is 4. The molecular formula is C13H19N5. The summed E-state index contributed by atoms with van der Waals surface area (Å²) in [5.41, 5.74) is 8.59. The second-order valence-corrected chi connectivity index (χ2v) is 4.67. The Morgan fingerprint density at radius 1 is 1.39 bits per heavy atom. The second-order valence-electron chi connectivity index (χ2n) is 4.67. The zero-order valence-electron chi connectivity index (χ0n) is 11.0. The van der Waals surface area contributed by atoms with Crippen LogP contribution in [-0.2, 0) is 6.54 Å². The van der Waals surface area contributed by atoms with Gasteiger partial charge in [0.05, 0.1) is 29.8 Å². The molecule has 0 saturated carbocycles. The van der Waals surface area contributed by atoms with Gasteiger partial charge in [0.15, 0.2) is 0 Å². The Hall–Kier alpha value is -2.04. The molecule has 2 heterocycles. The van der Waals surface area contributed by atoms with E-state index in [1.807, 2.05) is 30.1 Å². The van der Waals surface area contributed by atoms with E-state index >= 15 is 0 Å². The van der Waals surface area contributed by atoms with Gasteiger partial charge in [-0.05, 0) is 26.0 Å². The van der Waals surface area contributed by atoms with E-state index in [1.165, 1.54) is 0 Å². The van der Waals surface area contributed by atoms with Gasteiger partial charge in [0.25, 0.3) is 0 Å². The predicted octanol–water partition coefficient (Wildman–Crippen LogP) is 2.08. The molecule has 0 atom stereocenters. The minimum absolute atomic E-state index is 0.384. The number of aromatic nitrogens is 3. The monoisotopic (exact) mass is 245 g/mol. The molecule has 0 amide bonds. The van der Waals surface area contributed by atoms with Crippen molar-refractivity contribution >= 4 is 11.4 Å². The molecule has 5 nitrogen and oxygen atoms in total. The molecular weight excluding hydrogens is 226 g/mol. The first-order valence-electron chi connectivity index (χ1n) is 6.02. The Morgan fingerprint density at radius 2 is 2.17 bits per heavy atom. The second kappa shape index (κ2) is 5.08. The van der Waals surface area contributed by atoms with E-state index in [4.69, 9.17) is 5.73 Å². The van der Waals surface area contributed by atoms with Gasteiger partial charge in [-0.2, -0.15) is 5.10 Å². The zero-order valence-corrected chi connectivity index (χ0v) is 11.0. The lowest BCUT2D eigenvalue weighted by Gasteiger charge is -2.19. The number of pyridine rings is 1. The van der Waals surface area contributed by atoms with Crippen LogP contribution in [0.1, 0.15) is 25.6 Å². The Balaban J connectivity index is 2.11. The highest BCUT2D eigenvalue weighted by atomic mass is 15.3. The SMILES string of the molecule is CC(C)n1ccc(CN(C)c2ccncc2N)n1. The molecule has 0 aliphatic carbocycles. The molecule has 5 heteroatoms.